The third-order valence-corrected chi connectivity index (χ3v) is 4.17. The molecular weight excluding hydrogens is 351 g/mol. The number of fused-ring (bicyclic) bond motifs is 1. The molecule has 3 rings (SSSR count). The molecule has 7 heteroatoms. The standard InChI is InChI=1S/C20H19FN2O4/c21-14-7-9-15(10-8-14)27-13-11-22-18(24)6-3-12-23-19(25)16-4-1-2-5-17(16)20(23)26/h1-2,4-5,7-10H,3,6,11-13H2,(H,22,24). The molecule has 0 spiro atoms. The first kappa shape index (κ1) is 18.6. The van der Waals surface area contributed by atoms with Crippen molar-refractivity contribution in [2.24, 2.45) is 0 Å². The van der Waals surface area contributed by atoms with Crippen molar-refractivity contribution in [3.8, 4) is 5.75 Å². The van der Waals surface area contributed by atoms with Crippen molar-refractivity contribution < 1.29 is 23.5 Å². The molecule has 1 aliphatic rings. The minimum Gasteiger partial charge on any atom is -0.492 e. The Hall–Kier alpha value is -3.22. The summed E-state index contributed by atoms with van der Waals surface area (Å²) < 4.78 is 18.2. The van der Waals surface area contributed by atoms with Crippen molar-refractivity contribution in [3.63, 3.8) is 0 Å². The number of hydrogen-bond acceptors (Lipinski definition) is 4. The van der Waals surface area contributed by atoms with Gasteiger partial charge in [-0.2, -0.15) is 0 Å². The summed E-state index contributed by atoms with van der Waals surface area (Å²) in [5, 5.41) is 2.70. The Balaban J connectivity index is 1.35. The number of carbonyl (C=O) groups is 3. The molecule has 1 N–H and O–H groups in total. The lowest BCUT2D eigenvalue weighted by molar-refractivity contribution is -0.121. The van der Waals surface area contributed by atoms with Crippen LogP contribution in [0, 0.1) is 5.82 Å². The Morgan fingerprint density at radius 1 is 1.00 bits per heavy atom. The lowest BCUT2D eigenvalue weighted by Crippen LogP contribution is -2.32. The van der Waals surface area contributed by atoms with Crippen molar-refractivity contribution in [2.45, 2.75) is 12.8 Å². The maximum Gasteiger partial charge on any atom is 0.261 e. The molecule has 0 unspecified atom stereocenters. The molecule has 2 aromatic carbocycles. The zero-order valence-corrected chi connectivity index (χ0v) is 14.6. The van der Waals surface area contributed by atoms with E-state index in [1.165, 1.54) is 29.2 Å². The lowest BCUT2D eigenvalue weighted by atomic mass is 10.1. The second kappa shape index (κ2) is 8.44. The molecule has 0 atom stereocenters. The van der Waals surface area contributed by atoms with Crippen molar-refractivity contribution in [3.05, 3.63) is 65.5 Å². The molecule has 0 saturated carbocycles. The number of amides is 3. The number of rotatable bonds is 8. The van der Waals surface area contributed by atoms with Gasteiger partial charge in [-0.05, 0) is 42.8 Å². The Kier molecular flexibility index (Phi) is 5.80. The zero-order chi connectivity index (χ0) is 19.2. The minimum atomic E-state index is -0.339. The topological polar surface area (TPSA) is 75.7 Å². The van der Waals surface area contributed by atoms with Crippen LogP contribution in [0.2, 0.25) is 0 Å². The number of ether oxygens (including phenoxy) is 1. The van der Waals surface area contributed by atoms with Crippen LogP contribution in [0.1, 0.15) is 33.6 Å². The van der Waals surface area contributed by atoms with Gasteiger partial charge in [0, 0.05) is 13.0 Å². The number of benzene rings is 2. The predicted molar refractivity (Wildman–Crippen MR) is 95.9 cm³/mol. The molecule has 1 aliphatic heterocycles. The van der Waals surface area contributed by atoms with Gasteiger partial charge in [0.05, 0.1) is 17.7 Å². The number of nitrogens with one attached hydrogen (secondary N) is 1. The second-order valence-corrected chi connectivity index (χ2v) is 6.06. The molecule has 0 radical (unpaired) electrons. The third-order valence-electron chi connectivity index (χ3n) is 4.17. The van der Waals surface area contributed by atoms with Gasteiger partial charge in [0.1, 0.15) is 18.2 Å². The fourth-order valence-electron chi connectivity index (χ4n) is 2.82. The van der Waals surface area contributed by atoms with E-state index in [0.29, 0.717) is 29.8 Å². The monoisotopic (exact) mass is 370 g/mol. The van der Waals surface area contributed by atoms with E-state index in [9.17, 15) is 18.8 Å². The average Bonchev–Trinajstić information content (AvgIpc) is 2.92. The molecule has 0 aliphatic carbocycles. The highest BCUT2D eigenvalue weighted by Crippen LogP contribution is 2.22. The summed E-state index contributed by atoms with van der Waals surface area (Å²) in [5.74, 6) is -0.633. The molecule has 1 heterocycles. The number of nitrogens with zero attached hydrogens (tertiary/aromatic N) is 1. The smallest absolute Gasteiger partial charge is 0.261 e. The van der Waals surface area contributed by atoms with Crippen LogP contribution in [0.5, 0.6) is 5.75 Å². The first-order valence-electron chi connectivity index (χ1n) is 8.66. The Labute approximate surface area is 155 Å². The highest BCUT2D eigenvalue weighted by atomic mass is 19.1. The van der Waals surface area contributed by atoms with E-state index < -0.39 is 0 Å². The SMILES string of the molecule is O=C(CCCN1C(=O)c2ccccc2C1=O)NCCOc1ccc(F)cc1. The third kappa shape index (κ3) is 4.49. The van der Waals surface area contributed by atoms with Gasteiger partial charge in [-0.15, -0.1) is 0 Å². The lowest BCUT2D eigenvalue weighted by Gasteiger charge is -2.13. The molecule has 0 aromatic heterocycles. The summed E-state index contributed by atoms with van der Waals surface area (Å²) >= 11 is 0. The van der Waals surface area contributed by atoms with E-state index in [2.05, 4.69) is 5.32 Å². The second-order valence-electron chi connectivity index (χ2n) is 6.06. The van der Waals surface area contributed by atoms with Crippen LogP contribution < -0.4 is 10.1 Å². The van der Waals surface area contributed by atoms with Crippen molar-refractivity contribution in [1.29, 1.82) is 0 Å². The summed E-state index contributed by atoms with van der Waals surface area (Å²) in [4.78, 5) is 37.5. The highest BCUT2D eigenvalue weighted by Gasteiger charge is 2.34. The molecule has 3 amide bonds. The fraction of sp³-hybridized carbons (Fsp3) is 0.250. The summed E-state index contributed by atoms with van der Waals surface area (Å²) in [5.41, 5.74) is 0.815. The van der Waals surface area contributed by atoms with Gasteiger partial charge in [-0.3, -0.25) is 19.3 Å². The van der Waals surface area contributed by atoms with Crippen molar-refractivity contribution >= 4 is 17.7 Å². The van der Waals surface area contributed by atoms with E-state index in [-0.39, 0.29) is 43.1 Å². The zero-order valence-electron chi connectivity index (χ0n) is 14.6. The summed E-state index contributed by atoms with van der Waals surface area (Å²) in [6.07, 6.45) is 0.583. The van der Waals surface area contributed by atoms with Gasteiger partial charge in [0.25, 0.3) is 11.8 Å². The minimum absolute atomic E-state index is 0.186. The van der Waals surface area contributed by atoms with Gasteiger partial charge in [0.2, 0.25) is 5.91 Å². The molecule has 6 nitrogen and oxygen atoms in total. The van der Waals surface area contributed by atoms with E-state index in [4.69, 9.17) is 4.74 Å². The van der Waals surface area contributed by atoms with E-state index >= 15 is 0 Å². The molecular formula is C20H19FN2O4. The maximum absolute atomic E-state index is 12.8. The molecule has 27 heavy (non-hydrogen) atoms. The van der Waals surface area contributed by atoms with Gasteiger partial charge in [0.15, 0.2) is 0 Å². The summed E-state index contributed by atoms with van der Waals surface area (Å²) in [6, 6.07) is 12.3. The first-order valence-corrected chi connectivity index (χ1v) is 8.66. The Morgan fingerprint density at radius 2 is 1.63 bits per heavy atom. The largest absolute Gasteiger partial charge is 0.492 e. The Bertz CT molecular complexity index is 816. The number of halogens is 1. The molecule has 0 bridgehead atoms. The van der Waals surface area contributed by atoms with Gasteiger partial charge in [-0.25, -0.2) is 4.39 Å². The summed E-state index contributed by atoms with van der Waals surface area (Å²) in [7, 11) is 0. The van der Waals surface area contributed by atoms with E-state index in [0.717, 1.165) is 0 Å². The maximum atomic E-state index is 12.8. The number of hydrogen-bond donors (Lipinski definition) is 1. The first-order chi connectivity index (χ1) is 13.1. The fourth-order valence-corrected chi connectivity index (χ4v) is 2.82. The van der Waals surface area contributed by atoms with Crippen molar-refractivity contribution in [2.75, 3.05) is 19.7 Å². The van der Waals surface area contributed by atoms with Crippen LogP contribution >= 0.6 is 0 Å². The van der Waals surface area contributed by atoms with Crippen LogP contribution in [0.25, 0.3) is 0 Å². The van der Waals surface area contributed by atoms with Gasteiger partial charge >= 0.3 is 0 Å². The van der Waals surface area contributed by atoms with Crippen LogP contribution in [0.3, 0.4) is 0 Å². The normalized spacial score (nSPS) is 12.9. The Morgan fingerprint density at radius 3 is 2.26 bits per heavy atom. The van der Waals surface area contributed by atoms with Crippen molar-refractivity contribution in [1.82, 2.24) is 10.2 Å². The molecule has 140 valence electrons. The van der Waals surface area contributed by atoms with Gasteiger partial charge < -0.3 is 10.1 Å². The van der Waals surface area contributed by atoms with E-state index in [1.54, 1.807) is 24.3 Å². The molecule has 0 fully saturated rings. The average molecular weight is 370 g/mol. The highest BCUT2D eigenvalue weighted by molar-refractivity contribution is 6.21. The van der Waals surface area contributed by atoms with Crippen LogP contribution in [-0.2, 0) is 4.79 Å². The summed E-state index contributed by atoms with van der Waals surface area (Å²) in [6.45, 7) is 0.769. The molecule has 2 aromatic rings. The molecule has 0 saturated heterocycles. The quantitative estimate of drug-likeness (QED) is 0.572. The van der Waals surface area contributed by atoms with Crippen LogP contribution in [0.4, 0.5) is 4.39 Å². The van der Waals surface area contributed by atoms with Crippen LogP contribution in [0.15, 0.2) is 48.5 Å². The number of carbonyl (C=O) groups excluding carboxylic acids is 3. The predicted octanol–water partition coefficient (Wildman–Crippen LogP) is 2.40. The van der Waals surface area contributed by atoms with Crippen LogP contribution in [-0.4, -0.2) is 42.3 Å². The van der Waals surface area contributed by atoms with Gasteiger partial charge in [-0.1, -0.05) is 12.1 Å². The number of imide groups is 1. The van der Waals surface area contributed by atoms with E-state index in [1.807, 2.05) is 0 Å².